The third kappa shape index (κ3) is 2.01. The SMILES string of the molecule is CC(CCI)c1ccco1. The second kappa shape index (κ2) is 4.01. The highest BCUT2D eigenvalue weighted by Gasteiger charge is 2.05. The zero-order chi connectivity index (χ0) is 7.40. The molecule has 0 radical (unpaired) electrons. The Bertz CT molecular complexity index is 169. The van der Waals surface area contributed by atoms with Crippen LogP contribution in [-0.4, -0.2) is 4.43 Å². The first-order chi connectivity index (χ1) is 4.84. The molecule has 0 bridgehead atoms. The smallest absolute Gasteiger partial charge is 0.106 e. The van der Waals surface area contributed by atoms with Gasteiger partial charge in [-0.05, 0) is 18.6 Å². The predicted molar refractivity (Wildman–Crippen MR) is 50.6 cm³/mol. The van der Waals surface area contributed by atoms with Crippen molar-refractivity contribution in [2.24, 2.45) is 0 Å². The molecule has 1 nitrogen and oxygen atoms in total. The van der Waals surface area contributed by atoms with Gasteiger partial charge in [-0.3, -0.25) is 0 Å². The van der Waals surface area contributed by atoms with Gasteiger partial charge in [-0.1, -0.05) is 29.5 Å². The number of rotatable bonds is 3. The summed E-state index contributed by atoms with van der Waals surface area (Å²) in [6, 6.07) is 3.98. The molecule has 1 aromatic rings. The largest absolute Gasteiger partial charge is 0.469 e. The summed E-state index contributed by atoms with van der Waals surface area (Å²) in [4.78, 5) is 0. The van der Waals surface area contributed by atoms with E-state index in [-0.39, 0.29) is 0 Å². The summed E-state index contributed by atoms with van der Waals surface area (Å²) in [6.07, 6.45) is 2.94. The molecule has 2 heteroatoms. The molecule has 1 atom stereocenters. The quantitative estimate of drug-likeness (QED) is 0.593. The van der Waals surface area contributed by atoms with Gasteiger partial charge in [0.05, 0.1) is 6.26 Å². The van der Waals surface area contributed by atoms with Crippen molar-refractivity contribution in [3.05, 3.63) is 24.2 Å². The van der Waals surface area contributed by atoms with E-state index in [0.29, 0.717) is 5.92 Å². The molecular weight excluding hydrogens is 239 g/mol. The average molecular weight is 250 g/mol. The fraction of sp³-hybridized carbons (Fsp3) is 0.500. The lowest BCUT2D eigenvalue weighted by Crippen LogP contribution is -1.90. The highest BCUT2D eigenvalue weighted by Crippen LogP contribution is 2.19. The van der Waals surface area contributed by atoms with E-state index in [0.717, 1.165) is 5.76 Å². The Balaban J connectivity index is 2.50. The van der Waals surface area contributed by atoms with E-state index in [1.807, 2.05) is 12.1 Å². The minimum Gasteiger partial charge on any atom is -0.469 e. The normalized spacial score (nSPS) is 13.4. The summed E-state index contributed by atoms with van der Waals surface area (Å²) < 4.78 is 6.44. The lowest BCUT2D eigenvalue weighted by molar-refractivity contribution is 0.471. The highest BCUT2D eigenvalue weighted by atomic mass is 127. The van der Waals surface area contributed by atoms with Crippen molar-refractivity contribution < 1.29 is 4.42 Å². The van der Waals surface area contributed by atoms with E-state index in [9.17, 15) is 0 Å². The zero-order valence-corrected chi connectivity index (χ0v) is 8.17. The van der Waals surface area contributed by atoms with Crippen LogP contribution in [0.3, 0.4) is 0 Å². The molecule has 0 aliphatic rings. The molecular formula is C8H11IO. The second-order valence-electron chi connectivity index (χ2n) is 2.39. The Morgan fingerprint density at radius 3 is 3.00 bits per heavy atom. The number of furan rings is 1. The van der Waals surface area contributed by atoms with Gasteiger partial charge in [0.2, 0.25) is 0 Å². The first-order valence-corrected chi connectivity index (χ1v) is 4.96. The van der Waals surface area contributed by atoms with Crippen molar-refractivity contribution in [3.8, 4) is 0 Å². The van der Waals surface area contributed by atoms with Crippen LogP contribution in [0.2, 0.25) is 0 Å². The maximum Gasteiger partial charge on any atom is 0.106 e. The lowest BCUT2D eigenvalue weighted by atomic mass is 10.1. The Morgan fingerprint density at radius 1 is 1.70 bits per heavy atom. The average Bonchev–Trinajstić information content (AvgIpc) is 2.38. The Hall–Kier alpha value is 0.01000. The molecule has 0 aliphatic heterocycles. The van der Waals surface area contributed by atoms with Gasteiger partial charge in [-0.15, -0.1) is 0 Å². The summed E-state index contributed by atoms with van der Waals surface area (Å²) in [7, 11) is 0. The lowest BCUT2D eigenvalue weighted by Gasteiger charge is -2.03. The molecule has 0 aromatic carbocycles. The van der Waals surface area contributed by atoms with Crippen LogP contribution in [0.5, 0.6) is 0 Å². The van der Waals surface area contributed by atoms with Crippen molar-refractivity contribution in [3.63, 3.8) is 0 Å². The van der Waals surface area contributed by atoms with Gasteiger partial charge in [0.25, 0.3) is 0 Å². The fourth-order valence-electron chi connectivity index (χ4n) is 0.878. The predicted octanol–water partition coefficient (Wildman–Crippen LogP) is 3.21. The minimum absolute atomic E-state index is 0.576. The highest BCUT2D eigenvalue weighted by molar-refractivity contribution is 14.1. The first-order valence-electron chi connectivity index (χ1n) is 3.44. The van der Waals surface area contributed by atoms with E-state index >= 15 is 0 Å². The van der Waals surface area contributed by atoms with Crippen LogP contribution >= 0.6 is 22.6 Å². The first kappa shape index (κ1) is 8.11. The molecule has 0 amide bonds. The van der Waals surface area contributed by atoms with Crippen LogP contribution < -0.4 is 0 Å². The summed E-state index contributed by atoms with van der Waals surface area (Å²) in [5.74, 6) is 1.68. The van der Waals surface area contributed by atoms with E-state index in [4.69, 9.17) is 4.42 Å². The van der Waals surface area contributed by atoms with E-state index in [1.165, 1.54) is 10.8 Å². The third-order valence-electron chi connectivity index (χ3n) is 1.57. The Morgan fingerprint density at radius 2 is 2.50 bits per heavy atom. The Labute approximate surface area is 74.9 Å². The van der Waals surface area contributed by atoms with Gasteiger partial charge in [-0.25, -0.2) is 0 Å². The van der Waals surface area contributed by atoms with Crippen molar-refractivity contribution in [1.82, 2.24) is 0 Å². The molecule has 0 saturated heterocycles. The summed E-state index contributed by atoms with van der Waals surface area (Å²) in [6.45, 7) is 2.19. The van der Waals surface area contributed by atoms with Crippen molar-refractivity contribution in [2.45, 2.75) is 19.3 Å². The standard InChI is InChI=1S/C8H11IO/c1-7(4-5-9)8-3-2-6-10-8/h2-3,6-7H,4-5H2,1H3. The number of hydrogen-bond donors (Lipinski definition) is 0. The number of halogens is 1. The van der Waals surface area contributed by atoms with Crippen molar-refractivity contribution in [2.75, 3.05) is 4.43 Å². The van der Waals surface area contributed by atoms with E-state index in [2.05, 4.69) is 29.5 Å². The molecule has 1 unspecified atom stereocenters. The van der Waals surface area contributed by atoms with Gasteiger partial charge < -0.3 is 4.42 Å². The monoisotopic (exact) mass is 250 g/mol. The maximum atomic E-state index is 5.24. The molecule has 0 aliphatic carbocycles. The van der Waals surface area contributed by atoms with Crippen LogP contribution in [0.25, 0.3) is 0 Å². The molecule has 0 saturated carbocycles. The van der Waals surface area contributed by atoms with Crippen molar-refractivity contribution in [1.29, 1.82) is 0 Å². The van der Waals surface area contributed by atoms with Gasteiger partial charge >= 0.3 is 0 Å². The van der Waals surface area contributed by atoms with E-state index in [1.54, 1.807) is 6.26 Å². The van der Waals surface area contributed by atoms with Crippen LogP contribution in [0.15, 0.2) is 22.8 Å². The summed E-state index contributed by atoms with van der Waals surface area (Å²) in [5, 5.41) is 0. The van der Waals surface area contributed by atoms with Crippen LogP contribution in [-0.2, 0) is 0 Å². The fourth-order valence-corrected chi connectivity index (χ4v) is 1.81. The third-order valence-corrected chi connectivity index (χ3v) is 2.19. The van der Waals surface area contributed by atoms with Crippen molar-refractivity contribution >= 4 is 22.6 Å². The molecule has 10 heavy (non-hydrogen) atoms. The van der Waals surface area contributed by atoms with Crippen LogP contribution in [0.4, 0.5) is 0 Å². The van der Waals surface area contributed by atoms with Gasteiger partial charge in [0, 0.05) is 10.3 Å². The second-order valence-corrected chi connectivity index (χ2v) is 3.47. The molecule has 0 fully saturated rings. The summed E-state index contributed by atoms with van der Waals surface area (Å²) >= 11 is 2.39. The molecule has 0 N–H and O–H groups in total. The topological polar surface area (TPSA) is 13.1 Å². The minimum atomic E-state index is 0.576. The van der Waals surface area contributed by atoms with Gasteiger partial charge in [0.1, 0.15) is 5.76 Å². The van der Waals surface area contributed by atoms with E-state index < -0.39 is 0 Å². The number of hydrogen-bond acceptors (Lipinski definition) is 1. The van der Waals surface area contributed by atoms with Gasteiger partial charge in [-0.2, -0.15) is 0 Å². The number of alkyl halides is 1. The molecule has 0 spiro atoms. The van der Waals surface area contributed by atoms with Crippen LogP contribution in [0.1, 0.15) is 25.0 Å². The van der Waals surface area contributed by atoms with Gasteiger partial charge in [0.15, 0.2) is 0 Å². The molecule has 56 valence electrons. The zero-order valence-electron chi connectivity index (χ0n) is 6.01. The summed E-state index contributed by atoms with van der Waals surface area (Å²) in [5.41, 5.74) is 0. The maximum absolute atomic E-state index is 5.24. The van der Waals surface area contributed by atoms with Crippen LogP contribution in [0, 0.1) is 0 Å². The molecule has 1 heterocycles. The molecule has 1 rings (SSSR count). The Kier molecular flexibility index (Phi) is 3.25. The molecule has 1 aromatic heterocycles.